The Labute approximate surface area is 619 Å². The molecule has 0 unspecified atom stereocenters. The summed E-state index contributed by atoms with van der Waals surface area (Å²) in [4.78, 5) is 10.9. The molecule has 2 N–H and O–H groups in total. The van der Waals surface area contributed by atoms with Crippen LogP contribution in [0.15, 0.2) is 406 Å². The number of nitrogens with zero attached hydrogens (tertiary/aromatic N) is 5. The highest BCUT2D eigenvalue weighted by Crippen LogP contribution is 2.51. The van der Waals surface area contributed by atoms with Gasteiger partial charge in [0.15, 0.2) is 0 Å². The van der Waals surface area contributed by atoms with Gasteiger partial charge in [-0.05, 0) is 194 Å². The Hall–Kier alpha value is -11.9. The smallest absolute Gasteiger partial charge is 0.0887 e. The normalized spacial score (nSPS) is 10.5. The lowest BCUT2D eigenvalue weighted by molar-refractivity contribution is 1.23. The summed E-state index contributed by atoms with van der Waals surface area (Å²) in [5.41, 5.74) is 18.4. The molecule has 0 atom stereocenters. The molecule has 0 radical (unpaired) electrons. The molecule has 11 heteroatoms. The van der Waals surface area contributed by atoms with Crippen molar-refractivity contribution in [1.82, 2.24) is 0 Å². The lowest BCUT2D eigenvalue weighted by Gasteiger charge is -2.33. The summed E-state index contributed by atoms with van der Waals surface area (Å²) in [5.74, 6) is 0. The van der Waals surface area contributed by atoms with E-state index >= 15 is 0 Å². The van der Waals surface area contributed by atoms with Crippen LogP contribution in [0.5, 0.6) is 0 Å². The molecule has 0 amide bonds. The zero-order valence-electron chi connectivity index (χ0n) is 54.9. The van der Waals surface area contributed by atoms with Crippen LogP contribution in [0.4, 0.5) is 108 Å². The number of hydrogen-bond donors (Lipinski definition) is 2. The average molecular weight is 1410 g/mol. The zero-order valence-corrected chi connectivity index (χ0v) is 58.0. The summed E-state index contributed by atoms with van der Waals surface area (Å²) < 4.78 is 0. The molecule has 15 aromatic rings. The third-order valence-electron chi connectivity index (χ3n) is 16.5. The Balaban J connectivity index is 0.000000189. The van der Waals surface area contributed by atoms with Crippen molar-refractivity contribution in [2.24, 2.45) is 0 Å². The monoisotopic (exact) mass is 1400 g/mol. The lowest BCUT2D eigenvalue weighted by Crippen LogP contribution is -2.16. The summed E-state index contributed by atoms with van der Waals surface area (Å²) >= 11 is 27.9. The quantitative estimate of drug-likeness (QED) is 0.0836. The molecule has 0 spiro atoms. The molecule has 0 aliphatic rings. The lowest BCUT2D eigenvalue weighted by atomic mass is 10.1. The van der Waals surface area contributed by atoms with Gasteiger partial charge in [-0.3, -0.25) is 0 Å². The second-order valence-electron chi connectivity index (χ2n) is 23.2. The molecule has 0 bridgehead atoms. The van der Waals surface area contributed by atoms with E-state index in [2.05, 4.69) is 235 Å². The maximum atomic E-state index is 7.65. The highest BCUT2D eigenvalue weighted by molar-refractivity contribution is 6.44. The van der Waals surface area contributed by atoms with Crippen LogP contribution in [-0.4, -0.2) is 0 Å². The van der Waals surface area contributed by atoms with Gasteiger partial charge in [0.2, 0.25) is 0 Å². The SMILES string of the molecule is C.Clc1c(N(c2ccccc2)c2ccccc2)cccc1N(c1ccccc1)c1cccc(N(c2ccccc2)c2cccc(N(c3ccccc3)c3ccccc3)c2Cl)c1.Clc1cccc(N(c2ccccc2)c2ccccc2)c1Cl.c1ccc(Nc2cccc(Nc3ccccc3)c2)cc1. The van der Waals surface area contributed by atoms with Gasteiger partial charge in [-0.2, -0.15) is 0 Å². The fourth-order valence-electron chi connectivity index (χ4n) is 11.9. The molecule has 0 aliphatic heterocycles. The van der Waals surface area contributed by atoms with Gasteiger partial charge >= 0.3 is 0 Å². The molecule has 0 heterocycles. The van der Waals surface area contributed by atoms with Gasteiger partial charge in [-0.15, -0.1) is 0 Å². The number of halogens is 4. The van der Waals surface area contributed by atoms with Crippen molar-refractivity contribution in [3.63, 3.8) is 0 Å². The molecular weight excluding hydrogens is 1330 g/mol. The summed E-state index contributed by atoms with van der Waals surface area (Å²) in [6, 6.07) is 137. The Morgan fingerprint density at radius 1 is 0.167 bits per heavy atom. The molecule has 0 aliphatic carbocycles. The number of hydrogen-bond acceptors (Lipinski definition) is 7. The van der Waals surface area contributed by atoms with Gasteiger partial charge in [0.25, 0.3) is 0 Å². The molecule has 500 valence electrons. The minimum absolute atomic E-state index is 0. The number of para-hydroxylation sites is 10. The van der Waals surface area contributed by atoms with E-state index in [1.54, 1.807) is 6.07 Å². The van der Waals surface area contributed by atoms with E-state index in [-0.39, 0.29) is 7.43 Å². The van der Waals surface area contributed by atoms with Crippen molar-refractivity contribution >= 4 is 154 Å². The summed E-state index contributed by atoms with van der Waals surface area (Å²) in [6.45, 7) is 0. The molecule has 15 rings (SSSR count). The Morgan fingerprint density at radius 3 is 0.618 bits per heavy atom. The largest absolute Gasteiger partial charge is 0.355 e. The van der Waals surface area contributed by atoms with Crippen LogP contribution in [-0.2, 0) is 0 Å². The highest BCUT2D eigenvalue weighted by Gasteiger charge is 2.26. The first kappa shape index (κ1) is 69.9. The van der Waals surface area contributed by atoms with Crippen LogP contribution in [0.1, 0.15) is 7.43 Å². The van der Waals surface area contributed by atoms with E-state index in [1.165, 1.54) is 0 Å². The van der Waals surface area contributed by atoms with Gasteiger partial charge in [-0.25, -0.2) is 0 Å². The Bertz CT molecular complexity index is 4690. The third-order valence-corrected chi connectivity index (χ3v) is 18.1. The molecule has 0 saturated heterocycles. The first-order valence-electron chi connectivity index (χ1n) is 33.1. The maximum Gasteiger partial charge on any atom is 0.0887 e. The molecule has 0 fully saturated rings. The van der Waals surface area contributed by atoms with Crippen molar-refractivity contribution in [3.8, 4) is 0 Å². The number of rotatable bonds is 19. The summed E-state index contributed by atoms with van der Waals surface area (Å²) in [6.07, 6.45) is 0. The van der Waals surface area contributed by atoms with E-state index in [0.29, 0.717) is 20.1 Å². The van der Waals surface area contributed by atoms with E-state index in [1.807, 2.05) is 200 Å². The van der Waals surface area contributed by atoms with E-state index in [9.17, 15) is 0 Å². The van der Waals surface area contributed by atoms with Gasteiger partial charge < -0.3 is 35.1 Å². The first-order chi connectivity index (χ1) is 49.8. The summed E-state index contributed by atoms with van der Waals surface area (Å²) in [7, 11) is 0. The van der Waals surface area contributed by atoms with Crippen molar-refractivity contribution in [1.29, 1.82) is 0 Å². The fourth-order valence-corrected chi connectivity index (χ4v) is 12.9. The standard InChI is InChI=1S/C54H40Cl2N4.C18H13Cl2N.C18H16N2.CH4/c55-53-49(57(41-22-7-1-8-23-41)42-24-9-2-10-25-42)36-20-38-51(53)59(45-30-15-5-16-31-45)47-34-19-35-48(40-47)60(46-32-17-6-18-33-46)52-39-21-37-50(54(52)56)58(43-26-11-3-12-27-43)44-28-13-4-14-29-44;19-16-12-7-13-17(18(16)20)21(14-8-3-1-4-9-14)15-10-5-2-6-11-15;1-3-8-15(9-4-1)19-17-12-7-13-18(14-17)20-16-10-5-2-6-11-16;/h1-40H;1-13H;1-14,19-20H;1H4. The molecule has 7 nitrogen and oxygen atoms in total. The fraction of sp³-hybridized carbons (Fsp3) is 0.0110. The Kier molecular flexibility index (Phi) is 23.8. The molecule has 102 heavy (non-hydrogen) atoms. The zero-order chi connectivity index (χ0) is 69.0. The minimum Gasteiger partial charge on any atom is -0.355 e. The van der Waals surface area contributed by atoms with Crippen LogP contribution >= 0.6 is 46.4 Å². The first-order valence-corrected chi connectivity index (χ1v) is 34.6. The van der Waals surface area contributed by atoms with Gasteiger partial charge in [0.1, 0.15) is 0 Å². The minimum atomic E-state index is 0. The van der Waals surface area contributed by atoms with Gasteiger partial charge in [0.05, 0.1) is 48.5 Å². The van der Waals surface area contributed by atoms with E-state index in [0.717, 1.165) is 108 Å². The van der Waals surface area contributed by atoms with Crippen LogP contribution in [0.25, 0.3) is 0 Å². The third kappa shape index (κ3) is 17.0. The Morgan fingerprint density at radius 2 is 0.353 bits per heavy atom. The number of nitrogens with one attached hydrogen (secondary N) is 2. The maximum absolute atomic E-state index is 7.65. The predicted octanol–water partition coefficient (Wildman–Crippen LogP) is 29.1. The van der Waals surface area contributed by atoms with Crippen molar-refractivity contribution in [3.05, 3.63) is 427 Å². The second-order valence-corrected chi connectivity index (χ2v) is 24.8. The van der Waals surface area contributed by atoms with Crippen LogP contribution in [0.2, 0.25) is 20.1 Å². The van der Waals surface area contributed by atoms with Crippen LogP contribution in [0, 0.1) is 0 Å². The summed E-state index contributed by atoms with van der Waals surface area (Å²) in [5, 5.41) is 9.09. The molecule has 0 saturated carbocycles. The van der Waals surface area contributed by atoms with Crippen molar-refractivity contribution in [2.45, 2.75) is 7.43 Å². The predicted molar refractivity (Wildman–Crippen MR) is 439 cm³/mol. The van der Waals surface area contributed by atoms with Crippen LogP contribution in [0.3, 0.4) is 0 Å². The molecular formula is C91H73Cl4N7. The topological polar surface area (TPSA) is 40.3 Å². The van der Waals surface area contributed by atoms with Crippen molar-refractivity contribution < 1.29 is 0 Å². The van der Waals surface area contributed by atoms with Crippen molar-refractivity contribution in [2.75, 3.05) is 35.1 Å². The molecule has 0 aromatic heterocycles. The van der Waals surface area contributed by atoms with Crippen LogP contribution < -0.4 is 35.1 Å². The molecule has 15 aromatic carbocycles. The average Bonchev–Trinajstić information content (AvgIpc) is 0.774. The number of anilines is 19. The number of benzene rings is 15. The van der Waals surface area contributed by atoms with Gasteiger partial charge in [-0.1, -0.05) is 266 Å². The van der Waals surface area contributed by atoms with E-state index < -0.39 is 0 Å². The second kappa shape index (κ2) is 34.7. The highest BCUT2D eigenvalue weighted by atomic mass is 35.5. The van der Waals surface area contributed by atoms with E-state index in [4.69, 9.17) is 46.4 Å². The van der Waals surface area contributed by atoms with Gasteiger partial charge in [0, 0.05) is 79.6 Å².